The van der Waals surface area contributed by atoms with Crippen molar-refractivity contribution in [2.75, 3.05) is 0 Å². The molecule has 0 aliphatic carbocycles. The average Bonchev–Trinajstić information content (AvgIpc) is 2.55. The summed E-state index contributed by atoms with van der Waals surface area (Å²) in [6.07, 6.45) is 2.76. The number of nitrogens with two attached hydrogens (primary N) is 3. The molecule has 0 radical (unpaired) electrons. The minimum atomic E-state index is -0.0943. The molecule has 6 N–H and O–H groups in total. The van der Waals surface area contributed by atoms with Crippen LogP contribution >= 0.6 is 0 Å². The molecule has 0 bridgehead atoms. The predicted octanol–water partition coefficient (Wildman–Crippen LogP) is -0.929. The first-order valence-electron chi connectivity index (χ1n) is 4.93. The van der Waals surface area contributed by atoms with Crippen LogP contribution in [-0.4, -0.2) is 21.7 Å². The van der Waals surface area contributed by atoms with Crippen molar-refractivity contribution in [3.05, 3.63) is 17.5 Å². The number of rotatable bonds is 3. The normalized spacial score (nSPS) is 11.5. The Bertz CT molecular complexity index is 411. The van der Waals surface area contributed by atoms with E-state index >= 15 is 0 Å². The molecular formula is C9H17N7. The van der Waals surface area contributed by atoms with Gasteiger partial charge in [0.05, 0.1) is 12.2 Å². The van der Waals surface area contributed by atoms with Gasteiger partial charge in [-0.15, -0.1) is 0 Å². The van der Waals surface area contributed by atoms with Gasteiger partial charge in [-0.2, -0.15) is 10.1 Å². The van der Waals surface area contributed by atoms with E-state index in [0.29, 0.717) is 6.54 Å². The molecule has 0 saturated carbocycles. The average molecular weight is 223 g/mol. The van der Waals surface area contributed by atoms with Crippen LogP contribution in [-0.2, 0) is 20.0 Å². The zero-order valence-electron chi connectivity index (χ0n) is 9.51. The van der Waals surface area contributed by atoms with Crippen molar-refractivity contribution < 1.29 is 0 Å². The maximum absolute atomic E-state index is 5.50. The first-order valence-corrected chi connectivity index (χ1v) is 4.93. The van der Waals surface area contributed by atoms with E-state index in [1.165, 1.54) is 0 Å². The summed E-state index contributed by atoms with van der Waals surface area (Å²) in [5.74, 6) is -0.0194. The number of guanidine groups is 2. The molecule has 0 saturated heterocycles. The Morgan fingerprint density at radius 2 is 2.12 bits per heavy atom. The van der Waals surface area contributed by atoms with E-state index in [1.807, 2.05) is 20.2 Å². The van der Waals surface area contributed by atoms with Gasteiger partial charge in [0.1, 0.15) is 0 Å². The van der Waals surface area contributed by atoms with E-state index in [2.05, 4.69) is 15.1 Å². The van der Waals surface area contributed by atoms with Crippen molar-refractivity contribution in [3.8, 4) is 0 Å². The Labute approximate surface area is 94.0 Å². The molecule has 88 valence electrons. The van der Waals surface area contributed by atoms with Crippen LogP contribution in [0.4, 0.5) is 0 Å². The molecule has 1 aromatic heterocycles. The van der Waals surface area contributed by atoms with Gasteiger partial charge in [0, 0.05) is 18.8 Å². The first kappa shape index (κ1) is 12.0. The minimum Gasteiger partial charge on any atom is -0.370 e. The molecule has 1 aromatic rings. The van der Waals surface area contributed by atoms with Crippen molar-refractivity contribution >= 4 is 11.9 Å². The second-order valence-corrected chi connectivity index (χ2v) is 3.34. The second kappa shape index (κ2) is 5.15. The van der Waals surface area contributed by atoms with Crippen molar-refractivity contribution in [3.63, 3.8) is 0 Å². The maximum atomic E-state index is 5.50. The Kier molecular flexibility index (Phi) is 3.87. The summed E-state index contributed by atoms with van der Waals surface area (Å²) < 4.78 is 1.75. The van der Waals surface area contributed by atoms with E-state index in [-0.39, 0.29) is 11.9 Å². The fourth-order valence-corrected chi connectivity index (χ4v) is 1.35. The van der Waals surface area contributed by atoms with Crippen LogP contribution < -0.4 is 17.2 Å². The number of hydrogen-bond donors (Lipinski definition) is 3. The highest BCUT2D eigenvalue weighted by Crippen LogP contribution is 2.08. The van der Waals surface area contributed by atoms with E-state index in [9.17, 15) is 0 Å². The van der Waals surface area contributed by atoms with Crippen LogP contribution in [0.3, 0.4) is 0 Å². The second-order valence-electron chi connectivity index (χ2n) is 3.34. The third-order valence-electron chi connectivity index (χ3n) is 1.98. The molecule has 7 heteroatoms. The Hall–Kier alpha value is -2.05. The third-order valence-corrected chi connectivity index (χ3v) is 1.98. The summed E-state index contributed by atoms with van der Waals surface area (Å²) >= 11 is 0. The number of nitrogens with zero attached hydrogens (tertiary/aromatic N) is 4. The van der Waals surface area contributed by atoms with Gasteiger partial charge >= 0.3 is 0 Å². The van der Waals surface area contributed by atoms with Crippen LogP contribution in [0.25, 0.3) is 0 Å². The summed E-state index contributed by atoms with van der Waals surface area (Å²) in [6, 6.07) is 0. The van der Waals surface area contributed by atoms with Crippen molar-refractivity contribution in [2.24, 2.45) is 34.2 Å². The summed E-state index contributed by atoms with van der Waals surface area (Å²) in [6.45, 7) is 2.47. The lowest BCUT2D eigenvalue weighted by molar-refractivity contribution is 0.746. The molecule has 0 aliphatic heterocycles. The predicted molar refractivity (Wildman–Crippen MR) is 63.7 cm³/mol. The first-order chi connectivity index (χ1) is 7.52. The van der Waals surface area contributed by atoms with Crippen molar-refractivity contribution in [2.45, 2.75) is 19.9 Å². The molecule has 0 spiro atoms. The molecule has 0 fully saturated rings. The number of aromatic nitrogens is 2. The summed E-state index contributed by atoms with van der Waals surface area (Å²) in [5, 5.41) is 4.29. The summed E-state index contributed by atoms with van der Waals surface area (Å²) in [5.41, 5.74) is 17.9. The topological polar surface area (TPSA) is 121 Å². The zero-order valence-corrected chi connectivity index (χ0v) is 9.51. The van der Waals surface area contributed by atoms with Crippen LogP contribution in [0.15, 0.2) is 16.2 Å². The molecule has 16 heavy (non-hydrogen) atoms. The summed E-state index contributed by atoms with van der Waals surface area (Å²) in [4.78, 5) is 7.68. The number of aryl methyl sites for hydroxylation is 2. The Morgan fingerprint density at radius 1 is 1.44 bits per heavy atom. The van der Waals surface area contributed by atoms with Crippen LogP contribution in [0.1, 0.15) is 18.2 Å². The molecule has 0 aliphatic rings. The molecule has 0 amide bonds. The summed E-state index contributed by atoms with van der Waals surface area (Å²) in [7, 11) is 1.87. The number of aliphatic imine (C=N–C) groups is 2. The van der Waals surface area contributed by atoms with Gasteiger partial charge < -0.3 is 17.2 Å². The van der Waals surface area contributed by atoms with Crippen LogP contribution in [0.5, 0.6) is 0 Å². The highest BCUT2D eigenvalue weighted by Gasteiger charge is 2.04. The molecule has 0 aromatic carbocycles. The third kappa shape index (κ3) is 3.26. The van der Waals surface area contributed by atoms with E-state index < -0.39 is 0 Å². The number of hydrogen-bond acceptors (Lipinski definition) is 2. The highest BCUT2D eigenvalue weighted by molar-refractivity contribution is 5.92. The Morgan fingerprint density at radius 3 is 2.69 bits per heavy atom. The van der Waals surface area contributed by atoms with Gasteiger partial charge in [-0.3, -0.25) is 4.68 Å². The van der Waals surface area contributed by atoms with Crippen molar-refractivity contribution in [1.82, 2.24) is 9.78 Å². The fraction of sp³-hybridized carbons (Fsp3) is 0.444. The van der Waals surface area contributed by atoms with Gasteiger partial charge in [0.2, 0.25) is 5.96 Å². The molecule has 0 unspecified atom stereocenters. The van der Waals surface area contributed by atoms with E-state index in [1.54, 1.807) is 4.68 Å². The van der Waals surface area contributed by atoms with Crippen LogP contribution in [0, 0.1) is 0 Å². The van der Waals surface area contributed by atoms with E-state index in [4.69, 9.17) is 17.2 Å². The standard InChI is InChI=1S/C9H17N7/c1-3-7-6(5-16(2)15-7)4-13-9(12)14-8(10)11/h5H,3-4H2,1-2H3,(H6,10,11,12,13,14). The molecular weight excluding hydrogens is 206 g/mol. The smallest absolute Gasteiger partial charge is 0.218 e. The maximum Gasteiger partial charge on any atom is 0.218 e. The van der Waals surface area contributed by atoms with Crippen molar-refractivity contribution in [1.29, 1.82) is 0 Å². The lowest BCUT2D eigenvalue weighted by Gasteiger charge is -1.96. The molecule has 1 rings (SSSR count). The highest BCUT2D eigenvalue weighted by atomic mass is 15.3. The molecule has 7 nitrogen and oxygen atoms in total. The van der Waals surface area contributed by atoms with Gasteiger partial charge in [-0.25, -0.2) is 4.99 Å². The van der Waals surface area contributed by atoms with Crippen LogP contribution in [0.2, 0.25) is 0 Å². The van der Waals surface area contributed by atoms with Gasteiger partial charge in [0.25, 0.3) is 0 Å². The quantitative estimate of drug-likeness (QED) is 0.452. The Balaban J connectivity index is 2.77. The molecule has 0 atom stereocenters. The van der Waals surface area contributed by atoms with E-state index in [0.717, 1.165) is 17.7 Å². The monoisotopic (exact) mass is 223 g/mol. The minimum absolute atomic E-state index is 0.0749. The van der Waals surface area contributed by atoms with Gasteiger partial charge in [-0.1, -0.05) is 6.92 Å². The lowest BCUT2D eigenvalue weighted by Crippen LogP contribution is -2.26. The van der Waals surface area contributed by atoms with Gasteiger partial charge in [0.15, 0.2) is 5.96 Å². The largest absolute Gasteiger partial charge is 0.370 e. The molecule has 1 heterocycles. The SMILES string of the molecule is CCc1nn(C)cc1CN=C(N)N=C(N)N. The fourth-order valence-electron chi connectivity index (χ4n) is 1.35. The van der Waals surface area contributed by atoms with Gasteiger partial charge in [-0.05, 0) is 6.42 Å². The zero-order chi connectivity index (χ0) is 12.1. The lowest BCUT2D eigenvalue weighted by atomic mass is 10.2.